The van der Waals surface area contributed by atoms with Gasteiger partial charge < -0.3 is 20.9 Å². The largest absolute Gasteiger partial charge is 0.396 e. The fourth-order valence-corrected chi connectivity index (χ4v) is 1.26. The second-order valence-electron chi connectivity index (χ2n) is 3.59. The van der Waals surface area contributed by atoms with E-state index in [9.17, 15) is 4.79 Å². The first-order valence-electron chi connectivity index (χ1n) is 5.28. The number of carbonyl (C=O) groups is 1. The number of nitrogens with one attached hydrogen (secondary N) is 1. The van der Waals surface area contributed by atoms with Crippen LogP contribution in [0.5, 0.6) is 0 Å². The number of ether oxygens (including phenoxy) is 1. The van der Waals surface area contributed by atoms with Crippen LogP contribution in [0.3, 0.4) is 0 Å². The molecule has 0 radical (unpaired) electrons. The molecule has 15 heavy (non-hydrogen) atoms. The maximum atomic E-state index is 11.4. The molecule has 5 heteroatoms. The van der Waals surface area contributed by atoms with Crippen LogP contribution in [0, 0.1) is 5.92 Å². The Hall–Kier alpha value is -0.650. The summed E-state index contributed by atoms with van der Waals surface area (Å²) in [7, 11) is 1.51. The normalized spacial score (nSPS) is 14.7. The lowest BCUT2D eigenvalue weighted by Crippen LogP contribution is -2.44. The Balaban J connectivity index is 3.76. The second kappa shape index (κ2) is 8.64. The standard InChI is InChI=1S/C10H22N2O3/c1-3-8(4-5-13)6-12-10(14)9(11)7-15-2/h8-9,13H,3-7,11H2,1-2H3,(H,12,14). The van der Waals surface area contributed by atoms with E-state index in [1.165, 1.54) is 7.11 Å². The molecule has 0 heterocycles. The number of amides is 1. The van der Waals surface area contributed by atoms with E-state index in [1.54, 1.807) is 0 Å². The Morgan fingerprint density at radius 2 is 2.27 bits per heavy atom. The van der Waals surface area contributed by atoms with Crippen LogP contribution in [0.2, 0.25) is 0 Å². The highest BCUT2D eigenvalue weighted by Gasteiger charge is 2.14. The molecule has 0 aromatic rings. The van der Waals surface area contributed by atoms with Crippen LogP contribution in [0.4, 0.5) is 0 Å². The van der Waals surface area contributed by atoms with Crippen molar-refractivity contribution in [2.75, 3.05) is 26.9 Å². The fourth-order valence-electron chi connectivity index (χ4n) is 1.26. The molecular weight excluding hydrogens is 196 g/mol. The minimum Gasteiger partial charge on any atom is -0.396 e. The summed E-state index contributed by atoms with van der Waals surface area (Å²) in [5, 5.41) is 11.5. The Labute approximate surface area is 91.0 Å². The number of nitrogens with two attached hydrogens (primary N) is 1. The summed E-state index contributed by atoms with van der Waals surface area (Å²) in [6, 6.07) is -0.610. The summed E-state index contributed by atoms with van der Waals surface area (Å²) in [5.74, 6) is 0.113. The third-order valence-electron chi connectivity index (χ3n) is 2.36. The van der Waals surface area contributed by atoms with Gasteiger partial charge in [-0.3, -0.25) is 4.79 Å². The first-order valence-corrected chi connectivity index (χ1v) is 5.28. The van der Waals surface area contributed by atoms with E-state index in [1.807, 2.05) is 6.92 Å². The molecule has 5 nitrogen and oxygen atoms in total. The molecule has 0 aromatic carbocycles. The zero-order valence-corrected chi connectivity index (χ0v) is 9.53. The first-order chi connectivity index (χ1) is 7.15. The summed E-state index contributed by atoms with van der Waals surface area (Å²) in [6.07, 6.45) is 1.64. The molecule has 2 atom stereocenters. The quantitative estimate of drug-likeness (QED) is 0.512. The molecule has 1 amide bonds. The third kappa shape index (κ3) is 6.43. The Bertz CT molecular complexity index is 176. The number of hydrogen-bond donors (Lipinski definition) is 3. The molecule has 0 bridgehead atoms. The Morgan fingerprint density at radius 3 is 2.73 bits per heavy atom. The van der Waals surface area contributed by atoms with Gasteiger partial charge in [0.05, 0.1) is 6.61 Å². The minimum absolute atomic E-state index is 0.151. The molecule has 2 unspecified atom stereocenters. The van der Waals surface area contributed by atoms with Crippen LogP contribution in [0.25, 0.3) is 0 Å². The first kappa shape index (κ1) is 14.3. The van der Waals surface area contributed by atoms with Crippen molar-refractivity contribution in [3.8, 4) is 0 Å². The van der Waals surface area contributed by atoms with Gasteiger partial charge >= 0.3 is 0 Å². The predicted octanol–water partition coefficient (Wildman–Crippen LogP) is -0.515. The van der Waals surface area contributed by atoms with E-state index >= 15 is 0 Å². The van der Waals surface area contributed by atoms with Gasteiger partial charge in [0, 0.05) is 20.3 Å². The van der Waals surface area contributed by atoms with E-state index in [-0.39, 0.29) is 19.1 Å². The van der Waals surface area contributed by atoms with Crippen LogP contribution in [-0.4, -0.2) is 43.9 Å². The topological polar surface area (TPSA) is 84.6 Å². The van der Waals surface area contributed by atoms with Crippen molar-refractivity contribution >= 4 is 5.91 Å². The van der Waals surface area contributed by atoms with Gasteiger partial charge in [0.2, 0.25) is 5.91 Å². The van der Waals surface area contributed by atoms with Crippen molar-refractivity contribution in [2.24, 2.45) is 11.7 Å². The smallest absolute Gasteiger partial charge is 0.239 e. The minimum atomic E-state index is -0.610. The maximum absolute atomic E-state index is 11.4. The molecule has 0 fully saturated rings. The summed E-state index contributed by atoms with van der Waals surface area (Å²) in [5.41, 5.74) is 5.54. The van der Waals surface area contributed by atoms with Gasteiger partial charge in [0.1, 0.15) is 6.04 Å². The molecule has 0 aliphatic heterocycles. The lowest BCUT2D eigenvalue weighted by atomic mass is 10.0. The average Bonchev–Trinajstić information content (AvgIpc) is 2.24. The van der Waals surface area contributed by atoms with E-state index in [2.05, 4.69) is 5.32 Å². The van der Waals surface area contributed by atoms with E-state index in [0.29, 0.717) is 18.9 Å². The fraction of sp³-hybridized carbons (Fsp3) is 0.900. The van der Waals surface area contributed by atoms with E-state index in [0.717, 1.165) is 6.42 Å². The highest BCUT2D eigenvalue weighted by Crippen LogP contribution is 2.05. The second-order valence-corrected chi connectivity index (χ2v) is 3.59. The Kier molecular flexibility index (Phi) is 8.27. The number of methoxy groups -OCH3 is 1. The molecule has 0 aromatic heterocycles. The zero-order valence-electron chi connectivity index (χ0n) is 9.53. The highest BCUT2D eigenvalue weighted by molar-refractivity contribution is 5.81. The van der Waals surface area contributed by atoms with Gasteiger partial charge in [-0.15, -0.1) is 0 Å². The average molecular weight is 218 g/mol. The van der Waals surface area contributed by atoms with E-state index < -0.39 is 6.04 Å². The van der Waals surface area contributed by atoms with Crippen molar-refractivity contribution in [2.45, 2.75) is 25.8 Å². The number of carbonyl (C=O) groups excluding carboxylic acids is 1. The molecule has 90 valence electrons. The molecule has 0 aliphatic carbocycles. The molecular formula is C10H22N2O3. The Morgan fingerprint density at radius 1 is 1.60 bits per heavy atom. The van der Waals surface area contributed by atoms with Crippen LogP contribution in [0.1, 0.15) is 19.8 Å². The van der Waals surface area contributed by atoms with Crippen LogP contribution >= 0.6 is 0 Å². The molecule has 0 rings (SSSR count). The van der Waals surface area contributed by atoms with Gasteiger partial charge in [0.25, 0.3) is 0 Å². The number of rotatable bonds is 8. The van der Waals surface area contributed by atoms with Gasteiger partial charge in [0.15, 0.2) is 0 Å². The monoisotopic (exact) mass is 218 g/mol. The SMILES string of the molecule is CCC(CCO)CNC(=O)C(N)COC. The van der Waals surface area contributed by atoms with Gasteiger partial charge in [-0.2, -0.15) is 0 Å². The van der Waals surface area contributed by atoms with Crippen LogP contribution < -0.4 is 11.1 Å². The maximum Gasteiger partial charge on any atom is 0.239 e. The summed E-state index contributed by atoms with van der Waals surface area (Å²) in [6.45, 7) is 2.97. The molecule has 0 saturated carbocycles. The number of aliphatic hydroxyl groups is 1. The summed E-state index contributed by atoms with van der Waals surface area (Å²) < 4.78 is 4.78. The molecule has 0 aliphatic rings. The molecule has 0 spiro atoms. The van der Waals surface area contributed by atoms with Crippen molar-refractivity contribution in [3.05, 3.63) is 0 Å². The molecule has 4 N–H and O–H groups in total. The highest BCUT2D eigenvalue weighted by atomic mass is 16.5. The van der Waals surface area contributed by atoms with Gasteiger partial charge in [-0.05, 0) is 12.3 Å². The lowest BCUT2D eigenvalue weighted by molar-refractivity contribution is -0.123. The zero-order chi connectivity index (χ0) is 11.7. The van der Waals surface area contributed by atoms with Crippen molar-refractivity contribution < 1.29 is 14.6 Å². The summed E-state index contributed by atoms with van der Waals surface area (Å²) in [4.78, 5) is 11.4. The number of hydrogen-bond acceptors (Lipinski definition) is 4. The summed E-state index contributed by atoms with van der Waals surface area (Å²) >= 11 is 0. The van der Waals surface area contributed by atoms with Gasteiger partial charge in [-0.25, -0.2) is 0 Å². The predicted molar refractivity (Wildman–Crippen MR) is 58.3 cm³/mol. The van der Waals surface area contributed by atoms with Crippen LogP contribution in [0.15, 0.2) is 0 Å². The molecule has 0 saturated heterocycles. The van der Waals surface area contributed by atoms with Crippen molar-refractivity contribution in [1.82, 2.24) is 5.32 Å². The third-order valence-corrected chi connectivity index (χ3v) is 2.36. The van der Waals surface area contributed by atoms with Crippen molar-refractivity contribution in [3.63, 3.8) is 0 Å². The lowest BCUT2D eigenvalue weighted by Gasteiger charge is -2.16. The van der Waals surface area contributed by atoms with Crippen molar-refractivity contribution in [1.29, 1.82) is 0 Å². The van der Waals surface area contributed by atoms with E-state index in [4.69, 9.17) is 15.6 Å². The van der Waals surface area contributed by atoms with Crippen LogP contribution in [-0.2, 0) is 9.53 Å². The number of aliphatic hydroxyl groups excluding tert-OH is 1. The van der Waals surface area contributed by atoms with Gasteiger partial charge in [-0.1, -0.05) is 13.3 Å².